The Labute approximate surface area is 95.3 Å². The summed E-state index contributed by atoms with van der Waals surface area (Å²) >= 11 is 1.81. The number of benzene rings is 1. The predicted octanol–water partition coefficient (Wildman–Crippen LogP) is 3.48. The summed E-state index contributed by atoms with van der Waals surface area (Å²) in [7, 11) is 1.68. The Hall–Kier alpha value is -1.14. The molecule has 0 saturated carbocycles. The van der Waals surface area contributed by atoms with Crippen molar-refractivity contribution in [1.29, 1.82) is 5.26 Å². The first-order valence-corrected chi connectivity index (χ1v) is 5.99. The molecule has 0 aliphatic heterocycles. The van der Waals surface area contributed by atoms with Gasteiger partial charge in [-0.15, -0.1) is 11.8 Å². The third kappa shape index (κ3) is 4.75. The normalized spacial score (nSPS) is 9.60. The first kappa shape index (κ1) is 11.9. The highest BCUT2D eigenvalue weighted by molar-refractivity contribution is 7.99. The molecule has 0 atom stereocenters. The van der Waals surface area contributed by atoms with Crippen LogP contribution in [-0.4, -0.2) is 12.9 Å². The lowest BCUT2D eigenvalue weighted by Gasteiger charge is -2.03. The molecule has 3 heteroatoms. The van der Waals surface area contributed by atoms with Crippen LogP contribution in [0.25, 0.3) is 0 Å². The van der Waals surface area contributed by atoms with E-state index in [4.69, 9.17) is 10.00 Å². The summed E-state index contributed by atoms with van der Waals surface area (Å²) in [5.74, 6) is 1.96. The van der Waals surface area contributed by atoms with E-state index in [1.807, 2.05) is 30.0 Å². The van der Waals surface area contributed by atoms with E-state index in [1.165, 1.54) is 4.90 Å². The molecule has 0 radical (unpaired) electrons. The molecule has 0 N–H and O–H groups in total. The fourth-order valence-corrected chi connectivity index (χ4v) is 2.15. The molecule has 0 heterocycles. The van der Waals surface area contributed by atoms with Gasteiger partial charge in [-0.1, -0.05) is 6.07 Å². The van der Waals surface area contributed by atoms with E-state index >= 15 is 0 Å². The lowest BCUT2D eigenvalue weighted by atomic mass is 10.3. The maximum absolute atomic E-state index is 8.38. The van der Waals surface area contributed by atoms with Crippen molar-refractivity contribution in [2.45, 2.75) is 24.2 Å². The van der Waals surface area contributed by atoms with Gasteiger partial charge in [0.2, 0.25) is 0 Å². The van der Waals surface area contributed by atoms with Crippen molar-refractivity contribution in [2.24, 2.45) is 0 Å². The quantitative estimate of drug-likeness (QED) is 0.544. The minimum absolute atomic E-state index is 0.665. The third-order valence-corrected chi connectivity index (χ3v) is 3.07. The van der Waals surface area contributed by atoms with Gasteiger partial charge in [-0.3, -0.25) is 0 Å². The van der Waals surface area contributed by atoms with E-state index in [0.29, 0.717) is 6.42 Å². The van der Waals surface area contributed by atoms with Crippen molar-refractivity contribution in [3.63, 3.8) is 0 Å². The van der Waals surface area contributed by atoms with Gasteiger partial charge in [0.1, 0.15) is 5.75 Å². The van der Waals surface area contributed by atoms with Gasteiger partial charge in [-0.05, 0) is 36.8 Å². The zero-order valence-corrected chi connectivity index (χ0v) is 9.72. The smallest absolute Gasteiger partial charge is 0.119 e. The lowest BCUT2D eigenvalue weighted by molar-refractivity contribution is 0.413. The van der Waals surface area contributed by atoms with Crippen LogP contribution in [0.5, 0.6) is 5.75 Å². The summed E-state index contributed by atoms with van der Waals surface area (Å²) in [6, 6.07) is 10.2. The van der Waals surface area contributed by atoms with E-state index in [1.54, 1.807) is 7.11 Å². The second kappa shape index (κ2) is 7.19. The molecule has 0 spiro atoms. The molecular weight excluding hydrogens is 206 g/mol. The average molecular weight is 221 g/mol. The highest BCUT2D eigenvalue weighted by atomic mass is 32.2. The summed E-state index contributed by atoms with van der Waals surface area (Å²) in [5, 5.41) is 8.38. The fraction of sp³-hybridized carbons (Fsp3) is 0.417. The Morgan fingerprint density at radius 2 is 2.27 bits per heavy atom. The van der Waals surface area contributed by atoms with Gasteiger partial charge in [0.15, 0.2) is 0 Å². The van der Waals surface area contributed by atoms with E-state index < -0.39 is 0 Å². The number of nitrogens with zero attached hydrogens (tertiary/aromatic N) is 1. The largest absolute Gasteiger partial charge is 0.497 e. The van der Waals surface area contributed by atoms with Crippen LogP contribution in [0.1, 0.15) is 19.3 Å². The first-order chi connectivity index (χ1) is 7.36. The maximum Gasteiger partial charge on any atom is 0.119 e. The zero-order valence-electron chi connectivity index (χ0n) is 8.90. The summed E-state index contributed by atoms with van der Waals surface area (Å²) in [6.45, 7) is 0. The van der Waals surface area contributed by atoms with Gasteiger partial charge in [0.25, 0.3) is 0 Å². The molecule has 0 amide bonds. The third-order valence-electron chi connectivity index (χ3n) is 1.99. The van der Waals surface area contributed by atoms with Crippen LogP contribution < -0.4 is 4.74 Å². The molecule has 1 aromatic rings. The predicted molar refractivity (Wildman–Crippen MR) is 63.2 cm³/mol. The van der Waals surface area contributed by atoms with E-state index in [2.05, 4.69) is 12.1 Å². The van der Waals surface area contributed by atoms with Crippen LogP contribution in [0, 0.1) is 11.3 Å². The number of hydrogen-bond donors (Lipinski definition) is 0. The SMILES string of the molecule is COc1cccc(SCCCCC#N)c1. The zero-order chi connectivity index (χ0) is 10.9. The number of unbranched alkanes of at least 4 members (excludes halogenated alkanes) is 2. The minimum Gasteiger partial charge on any atom is -0.497 e. The van der Waals surface area contributed by atoms with Gasteiger partial charge in [0, 0.05) is 11.3 Å². The molecule has 0 aliphatic carbocycles. The number of methoxy groups -OCH3 is 1. The first-order valence-electron chi connectivity index (χ1n) is 5.00. The molecule has 1 rings (SSSR count). The van der Waals surface area contributed by atoms with E-state index in [-0.39, 0.29) is 0 Å². The van der Waals surface area contributed by atoms with Gasteiger partial charge >= 0.3 is 0 Å². The number of ether oxygens (including phenoxy) is 1. The standard InChI is InChI=1S/C12H15NOS/c1-14-11-6-5-7-12(10-11)15-9-4-2-3-8-13/h5-7,10H,2-4,9H2,1H3. The van der Waals surface area contributed by atoms with Crippen LogP contribution in [0.4, 0.5) is 0 Å². The van der Waals surface area contributed by atoms with Crippen molar-refractivity contribution in [3.05, 3.63) is 24.3 Å². The van der Waals surface area contributed by atoms with Crippen LogP contribution in [0.2, 0.25) is 0 Å². The lowest BCUT2D eigenvalue weighted by Crippen LogP contribution is -1.84. The average Bonchev–Trinajstić information content (AvgIpc) is 2.29. The Morgan fingerprint density at radius 3 is 3.00 bits per heavy atom. The molecular formula is C12H15NOS. The van der Waals surface area contributed by atoms with Crippen molar-refractivity contribution >= 4 is 11.8 Å². The number of rotatable bonds is 6. The topological polar surface area (TPSA) is 33.0 Å². The molecule has 0 saturated heterocycles. The molecule has 0 fully saturated rings. The maximum atomic E-state index is 8.38. The van der Waals surface area contributed by atoms with E-state index in [0.717, 1.165) is 24.3 Å². The van der Waals surface area contributed by atoms with E-state index in [9.17, 15) is 0 Å². The van der Waals surface area contributed by atoms with Crippen LogP contribution >= 0.6 is 11.8 Å². The van der Waals surface area contributed by atoms with Crippen molar-refractivity contribution in [3.8, 4) is 11.8 Å². The van der Waals surface area contributed by atoms with Crippen molar-refractivity contribution in [1.82, 2.24) is 0 Å². The Bertz CT molecular complexity index is 333. The van der Waals surface area contributed by atoms with Gasteiger partial charge in [-0.2, -0.15) is 5.26 Å². The molecule has 0 bridgehead atoms. The fourth-order valence-electron chi connectivity index (χ4n) is 1.19. The second-order valence-electron chi connectivity index (χ2n) is 3.14. The summed E-state index contributed by atoms with van der Waals surface area (Å²) in [6.07, 6.45) is 2.75. The molecule has 15 heavy (non-hydrogen) atoms. The highest BCUT2D eigenvalue weighted by Gasteiger charge is 1.96. The molecule has 1 aromatic carbocycles. The van der Waals surface area contributed by atoms with Crippen LogP contribution in [-0.2, 0) is 0 Å². The molecule has 0 aromatic heterocycles. The van der Waals surface area contributed by atoms with Crippen molar-refractivity contribution < 1.29 is 4.74 Å². The number of nitriles is 1. The minimum atomic E-state index is 0.665. The summed E-state index contributed by atoms with van der Waals surface area (Å²) in [4.78, 5) is 1.23. The molecule has 80 valence electrons. The summed E-state index contributed by atoms with van der Waals surface area (Å²) < 4.78 is 5.14. The Morgan fingerprint density at radius 1 is 1.40 bits per heavy atom. The molecule has 2 nitrogen and oxygen atoms in total. The Balaban J connectivity index is 2.28. The number of thioether (sulfide) groups is 1. The monoisotopic (exact) mass is 221 g/mol. The summed E-state index contributed by atoms with van der Waals surface area (Å²) in [5.41, 5.74) is 0. The number of hydrogen-bond acceptors (Lipinski definition) is 3. The van der Waals surface area contributed by atoms with Gasteiger partial charge in [0.05, 0.1) is 13.2 Å². The van der Waals surface area contributed by atoms with Gasteiger partial charge < -0.3 is 4.74 Å². The van der Waals surface area contributed by atoms with Crippen LogP contribution in [0.3, 0.4) is 0 Å². The highest BCUT2D eigenvalue weighted by Crippen LogP contribution is 2.23. The molecule has 0 aliphatic rings. The van der Waals surface area contributed by atoms with Crippen LogP contribution in [0.15, 0.2) is 29.2 Å². The van der Waals surface area contributed by atoms with Crippen molar-refractivity contribution in [2.75, 3.05) is 12.9 Å². The molecule has 0 unspecified atom stereocenters. The second-order valence-corrected chi connectivity index (χ2v) is 4.31. The van der Waals surface area contributed by atoms with Gasteiger partial charge in [-0.25, -0.2) is 0 Å². The Kier molecular flexibility index (Phi) is 5.72.